The molecule has 0 aliphatic carbocycles. The maximum atomic E-state index is 12.4. The number of nitrogens with zero attached hydrogens (tertiary/aromatic N) is 1. The normalized spacial score (nSPS) is 17.0. The van der Waals surface area contributed by atoms with Crippen LogP contribution in [0.2, 0.25) is 0 Å². The van der Waals surface area contributed by atoms with Gasteiger partial charge in [-0.2, -0.15) is 0 Å². The highest BCUT2D eigenvalue weighted by atomic mass is 16.6. The summed E-state index contributed by atoms with van der Waals surface area (Å²) < 4.78 is 11.5. The van der Waals surface area contributed by atoms with Crippen LogP contribution in [-0.2, 0) is 0 Å². The lowest BCUT2D eigenvalue weighted by atomic mass is 10.1. The van der Waals surface area contributed by atoms with Crippen molar-refractivity contribution in [3.05, 3.63) is 64.2 Å². The fourth-order valence-corrected chi connectivity index (χ4v) is 2.48. The molecule has 0 saturated carbocycles. The summed E-state index contributed by atoms with van der Waals surface area (Å²) in [5.74, 6) is 0.753. The number of nitrogens with one attached hydrogen (secondary N) is 1. The van der Waals surface area contributed by atoms with Crippen LogP contribution in [0.3, 0.4) is 0 Å². The second-order valence-corrected chi connectivity index (χ2v) is 5.45. The summed E-state index contributed by atoms with van der Waals surface area (Å²) in [5.41, 5.74) is -0.208. The molecule has 7 heteroatoms. The molecule has 0 bridgehead atoms. The number of carbonyl (C=O) groups is 1. The third-order valence-electron chi connectivity index (χ3n) is 3.79. The Morgan fingerprint density at radius 3 is 2.62 bits per heavy atom. The highest BCUT2D eigenvalue weighted by Gasteiger charge is 2.28. The number of nitro benzene ring substituents is 1. The van der Waals surface area contributed by atoms with Crippen LogP contribution in [0, 0.1) is 10.1 Å². The lowest BCUT2D eigenvalue weighted by molar-refractivity contribution is -0.385. The van der Waals surface area contributed by atoms with Crippen LogP contribution in [0.4, 0.5) is 5.69 Å². The largest absolute Gasteiger partial charge is 0.486 e. The lowest BCUT2D eigenvalue weighted by Crippen LogP contribution is -2.48. The third-order valence-corrected chi connectivity index (χ3v) is 3.79. The molecule has 124 valence electrons. The molecule has 24 heavy (non-hydrogen) atoms. The molecule has 1 heterocycles. The van der Waals surface area contributed by atoms with Crippen LogP contribution in [0.25, 0.3) is 0 Å². The average Bonchev–Trinajstić information content (AvgIpc) is 2.61. The van der Waals surface area contributed by atoms with Crippen LogP contribution in [-0.4, -0.2) is 29.6 Å². The van der Waals surface area contributed by atoms with Gasteiger partial charge in [-0.25, -0.2) is 0 Å². The van der Waals surface area contributed by atoms with Gasteiger partial charge in [0.15, 0.2) is 17.6 Å². The van der Waals surface area contributed by atoms with Gasteiger partial charge in [-0.15, -0.1) is 0 Å². The van der Waals surface area contributed by atoms with Crippen molar-refractivity contribution in [2.75, 3.05) is 6.61 Å². The molecule has 0 saturated heterocycles. The number of nitro groups is 1. The summed E-state index contributed by atoms with van der Waals surface area (Å²) in [6.45, 7) is 2.06. The molecule has 2 aromatic rings. The maximum Gasteiger partial charge on any atom is 0.282 e. The Labute approximate surface area is 138 Å². The number of fused-ring (bicyclic) bond motifs is 1. The minimum atomic E-state index is -0.573. The summed E-state index contributed by atoms with van der Waals surface area (Å²) >= 11 is 0. The quantitative estimate of drug-likeness (QED) is 0.688. The molecule has 2 atom stereocenters. The van der Waals surface area contributed by atoms with Crippen LogP contribution >= 0.6 is 0 Å². The van der Waals surface area contributed by atoms with E-state index in [0.29, 0.717) is 11.5 Å². The van der Waals surface area contributed by atoms with E-state index in [1.165, 1.54) is 18.2 Å². The van der Waals surface area contributed by atoms with Gasteiger partial charge in [-0.05, 0) is 25.1 Å². The van der Waals surface area contributed by atoms with E-state index in [2.05, 4.69) is 5.32 Å². The Morgan fingerprint density at radius 2 is 1.88 bits per heavy atom. The van der Waals surface area contributed by atoms with Gasteiger partial charge >= 0.3 is 0 Å². The second kappa shape index (κ2) is 6.57. The predicted octanol–water partition coefficient (Wildman–Crippen LogP) is 2.55. The van der Waals surface area contributed by atoms with Crippen molar-refractivity contribution in [2.24, 2.45) is 0 Å². The average molecular weight is 328 g/mol. The molecule has 0 aromatic heterocycles. The standard InChI is InChI=1S/C17H16N2O5/c1-11(16-10-23-14-8-4-5-9-15(14)24-16)18-17(20)12-6-2-3-7-13(12)19(21)22/h2-9,11,16H,10H2,1H3,(H,18,20). The number of hydrogen-bond acceptors (Lipinski definition) is 5. The van der Waals surface area contributed by atoms with Gasteiger partial charge in [-0.1, -0.05) is 24.3 Å². The van der Waals surface area contributed by atoms with E-state index in [1.54, 1.807) is 19.1 Å². The monoisotopic (exact) mass is 328 g/mol. The first-order valence-electron chi connectivity index (χ1n) is 7.49. The van der Waals surface area contributed by atoms with E-state index < -0.39 is 10.8 Å². The van der Waals surface area contributed by atoms with Crippen LogP contribution in [0.5, 0.6) is 11.5 Å². The van der Waals surface area contributed by atoms with Crippen molar-refractivity contribution in [1.29, 1.82) is 0 Å². The zero-order valence-corrected chi connectivity index (χ0v) is 13.0. The van der Waals surface area contributed by atoms with Crippen molar-refractivity contribution in [2.45, 2.75) is 19.1 Å². The van der Waals surface area contributed by atoms with Crippen LogP contribution in [0.15, 0.2) is 48.5 Å². The van der Waals surface area contributed by atoms with Gasteiger partial charge < -0.3 is 14.8 Å². The lowest BCUT2D eigenvalue weighted by Gasteiger charge is -2.30. The Kier molecular flexibility index (Phi) is 4.33. The van der Waals surface area contributed by atoms with Crippen molar-refractivity contribution < 1.29 is 19.2 Å². The topological polar surface area (TPSA) is 90.7 Å². The Bertz CT molecular complexity index is 777. The van der Waals surface area contributed by atoms with Crippen molar-refractivity contribution >= 4 is 11.6 Å². The molecule has 1 N–H and O–H groups in total. The SMILES string of the molecule is CC(NC(=O)c1ccccc1[N+](=O)[O-])C1COc2ccccc2O1. The van der Waals surface area contributed by atoms with Crippen molar-refractivity contribution in [3.8, 4) is 11.5 Å². The van der Waals surface area contributed by atoms with E-state index in [0.717, 1.165) is 0 Å². The third kappa shape index (κ3) is 3.15. The molecule has 2 unspecified atom stereocenters. The molecule has 1 aliphatic heterocycles. The molecule has 2 aromatic carbocycles. The zero-order chi connectivity index (χ0) is 17.1. The summed E-state index contributed by atoms with van der Waals surface area (Å²) in [6.07, 6.45) is -0.383. The zero-order valence-electron chi connectivity index (χ0n) is 13.0. The first-order chi connectivity index (χ1) is 11.6. The molecule has 0 fully saturated rings. The van der Waals surface area contributed by atoms with E-state index in [-0.39, 0.29) is 30.0 Å². The molecule has 1 amide bonds. The van der Waals surface area contributed by atoms with Crippen LogP contribution in [0.1, 0.15) is 17.3 Å². The van der Waals surface area contributed by atoms with Gasteiger partial charge in [0, 0.05) is 6.07 Å². The molecule has 1 aliphatic rings. The van der Waals surface area contributed by atoms with Crippen molar-refractivity contribution in [3.63, 3.8) is 0 Å². The number of hydrogen-bond donors (Lipinski definition) is 1. The van der Waals surface area contributed by atoms with Crippen LogP contribution < -0.4 is 14.8 Å². The van der Waals surface area contributed by atoms with Gasteiger partial charge in [0.25, 0.3) is 11.6 Å². The second-order valence-electron chi connectivity index (χ2n) is 5.45. The number of benzene rings is 2. The van der Waals surface area contributed by atoms with Gasteiger partial charge in [0.1, 0.15) is 12.2 Å². The van der Waals surface area contributed by atoms with E-state index >= 15 is 0 Å². The van der Waals surface area contributed by atoms with E-state index in [1.807, 2.05) is 18.2 Å². The van der Waals surface area contributed by atoms with E-state index in [4.69, 9.17) is 9.47 Å². The minimum Gasteiger partial charge on any atom is -0.486 e. The Morgan fingerprint density at radius 1 is 1.21 bits per heavy atom. The first kappa shape index (κ1) is 15.8. The van der Waals surface area contributed by atoms with E-state index in [9.17, 15) is 14.9 Å². The van der Waals surface area contributed by atoms with Gasteiger partial charge in [0.05, 0.1) is 11.0 Å². The molecule has 7 nitrogen and oxygen atoms in total. The summed E-state index contributed by atoms with van der Waals surface area (Å²) in [6, 6.07) is 12.7. The number of para-hydroxylation sites is 3. The fourth-order valence-electron chi connectivity index (χ4n) is 2.48. The highest BCUT2D eigenvalue weighted by molar-refractivity contribution is 5.98. The first-order valence-corrected chi connectivity index (χ1v) is 7.49. The predicted molar refractivity (Wildman–Crippen MR) is 86.4 cm³/mol. The fraction of sp³-hybridized carbons (Fsp3) is 0.235. The highest BCUT2D eigenvalue weighted by Crippen LogP contribution is 2.31. The smallest absolute Gasteiger partial charge is 0.282 e. The summed E-state index contributed by atoms with van der Waals surface area (Å²) in [4.78, 5) is 22.8. The molecule has 0 radical (unpaired) electrons. The molecule has 3 rings (SSSR count). The van der Waals surface area contributed by atoms with Gasteiger partial charge in [0.2, 0.25) is 0 Å². The molecule has 0 spiro atoms. The number of ether oxygens (including phenoxy) is 2. The summed E-state index contributed by atoms with van der Waals surface area (Å²) in [7, 11) is 0. The van der Waals surface area contributed by atoms with Crippen molar-refractivity contribution in [1.82, 2.24) is 5.32 Å². The molecular formula is C17H16N2O5. The minimum absolute atomic E-state index is 0.0199. The Hall–Kier alpha value is -3.09. The number of rotatable bonds is 4. The summed E-state index contributed by atoms with van der Waals surface area (Å²) in [5, 5.41) is 13.8. The number of amides is 1. The number of carbonyl (C=O) groups excluding carboxylic acids is 1. The Balaban J connectivity index is 1.71. The molecular weight excluding hydrogens is 312 g/mol. The maximum absolute atomic E-state index is 12.4. The van der Waals surface area contributed by atoms with Gasteiger partial charge in [-0.3, -0.25) is 14.9 Å².